The van der Waals surface area contributed by atoms with E-state index in [4.69, 9.17) is 0 Å². The van der Waals surface area contributed by atoms with Gasteiger partial charge in [-0.2, -0.15) is 5.10 Å². The quantitative estimate of drug-likeness (QED) is 0.878. The molecule has 0 saturated heterocycles. The molecule has 0 spiro atoms. The Labute approximate surface area is 139 Å². The number of rotatable bonds is 4. The average molecular weight is 333 g/mol. The summed E-state index contributed by atoms with van der Waals surface area (Å²) in [5.74, 6) is -0.0823. The van der Waals surface area contributed by atoms with Crippen LogP contribution in [0.4, 0.5) is 14.5 Å². The van der Waals surface area contributed by atoms with Crippen molar-refractivity contribution >= 4 is 11.6 Å². The third-order valence-corrected chi connectivity index (χ3v) is 4.71. The van der Waals surface area contributed by atoms with Crippen molar-refractivity contribution in [2.24, 2.45) is 0 Å². The Bertz CT molecular complexity index is 767. The fourth-order valence-corrected chi connectivity index (χ4v) is 3.78. The van der Waals surface area contributed by atoms with Gasteiger partial charge in [0.15, 0.2) is 0 Å². The van der Waals surface area contributed by atoms with Crippen LogP contribution < -0.4 is 5.32 Å². The van der Waals surface area contributed by atoms with E-state index in [2.05, 4.69) is 42.4 Å². The highest BCUT2D eigenvalue weighted by Gasteiger charge is 2.36. The van der Waals surface area contributed by atoms with E-state index in [0.29, 0.717) is 5.92 Å². The Kier molecular flexibility index (Phi) is 4.15. The molecule has 0 saturated carbocycles. The van der Waals surface area contributed by atoms with Gasteiger partial charge in [0, 0.05) is 5.69 Å². The number of carbonyl (C=O) groups excluding carboxylic acids is 1. The summed E-state index contributed by atoms with van der Waals surface area (Å²) in [4.78, 5) is 12.5. The van der Waals surface area contributed by atoms with E-state index >= 15 is 0 Å². The summed E-state index contributed by atoms with van der Waals surface area (Å²) in [6.07, 6.45) is -0.737. The van der Waals surface area contributed by atoms with Crippen LogP contribution in [0.1, 0.15) is 60.3 Å². The molecule has 1 aromatic heterocycles. The third kappa shape index (κ3) is 2.92. The molecule has 24 heavy (non-hydrogen) atoms. The maximum Gasteiger partial charge on any atom is 0.259 e. The van der Waals surface area contributed by atoms with Gasteiger partial charge in [-0.15, -0.1) is 0 Å². The van der Waals surface area contributed by atoms with Crippen molar-refractivity contribution in [2.45, 2.75) is 51.4 Å². The predicted octanol–water partition coefficient (Wildman–Crippen LogP) is 4.25. The number of hydrogen-bond donors (Lipinski definition) is 2. The molecule has 2 N–H and O–H groups in total. The second-order valence-corrected chi connectivity index (χ2v) is 7.07. The fourth-order valence-electron chi connectivity index (χ4n) is 3.78. The molecule has 128 valence electrons. The van der Waals surface area contributed by atoms with Gasteiger partial charge < -0.3 is 5.32 Å². The molecular weight excluding hydrogens is 312 g/mol. The molecule has 0 bridgehead atoms. The lowest BCUT2D eigenvalue weighted by molar-refractivity contribution is 0.102. The van der Waals surface area contributed by atoms with E-state index in [-0.39, 0.29) is 16.7 Å². The second kappa shape index (κ2) is 6.00. The molecule has 1 aliphatic carbocycles. The smallest absolute Gasteiger partial charge is 0.259 e. The number of aromatic nitrogens is 2. The van der Waals surface area contributed by atoms with Crippen molar-refractivity contribution in [1.29, 1.82) is 0 Å². The monoisotopic (exact) mass is 333 g/mol. The van der Waals surface area contributed by atoms with Gasteiger partial charge in [0.1, 0.15) is 0 Å². The first kappa shape index (κ1) is 16.6. The molecule has 6 heteroatoms. The van der Waals surface area contributed by atoms with Crippen LogP contribution in [0.3, 0.4) is 0 Å². The van der Waals surface area contributed by atoms with Gasteiger partial charge >= 0.3 is 0 Å². The SMILES string of the molecule is C[C@H]1CC(C)(C)c2cccc(NC(=O)c3cn[nH]c3CC(F)F)c21. The van der Waals surface area contributed by atoms with Crippen LogP contribution in [0.15, 0.2) is 24.4 Å². The number of nitrogens with zero attached hydrogens (tertiary/aromatic N) is 1. The normalized spacial score (nSPS) is 18.7. The Balaban J connectivity index is 1.90. The van der Waals surface area contributed by atoms with Crippen molar-refractivity contribution in [3.63, 3.8) is 0 Å². The zero-order valence-corrected chi connectivity index (χ0v) is 14.0. The molecule has 1 aliphatic rings. The zero-order valence-electron chi connectivity index (χ0n) is 14.0. The molecule has 2 aromatic rings. The number of fused-ring (bicyclic) bond motifs is 1. The lowest BCUT2D eigenvalue weighted by Gasteiger charge is -2.19. The maximum atomic E-state index is 12.6. The first-order valence-corrected chi connectivity index (χ1v) is 8.04. The number of amides is 1. The lowest BCUT2D eigenvalue weighted by atomic mass is 9.86. The highest BCUT2D eigenvalue weighted by atomic mass is 19.3. The fraction of sp³-hybridized carbons (Fsp3) is 0.444. The van der Waals surface area contributed by atoms with Gasteiger partial charge in [0.05, 0.1) is 23.9 Å². The van der Waals surface area contributed by atoms with Crippen LogP contribution in [0.25, 0.3) is 0 Å². The van der Waals surface area contributed by atoms with Gasteiger partial charge in [-0.25, -0.2) is 8.78 Å². The average Bonchev–Trinajstić information content (AvgIpc) is 3.02. The first-order valence-electron chi connectivity index (χ1n) is 8.04. The number of halogens is 2. The number of anilines is 1. The Morgan fingerprint density at radius 1 is 1.46 bits per heavy atom. The first-order chi connectivity index (χ1) is 11.3. The van der Waals surface area contributed by atoms with Crippen molar-refractivity contribution in [3.8, 4) is 0 Å². The van der Waals surface area contributed by atoms with E-state index in [0.717, 1.165) is 17.7 Å². The highest BCUT2D eigenvalue weighted by Crippen LogP contribution is 2.48. The Morgan fingerprint density at radius 2 is 2.21 bits per heavy atom. The maximum absolute atomic E-state index is 12.6. The summed E-state index contributed by atoms with van der Waals surface area (Å²) in [7, 11) is 0. The number of hydrogen-bond acceptors (Lipinski definition) is 2. The molecule has 1 amide bonds. The van der Waals surface area contributed by atoms with E-state index in [9.17, 15) is 13.6 Å². The number of nitrogens with one attached hydrogen (secondary N) is 2. The molecule has 3 rings (SSSR count). The number of H-pyrrole nitrogens is 1. The number of carbonyl (C=O) groups is 1. The van der Waals surface area contributed by atoms with Crippen LogP contribution >= 0.6 is 0 Å². The zero-order chi connectivity index (χ0) is 17.5. The van der Waals surface area contributed by atoms with Gasteiger partial charge in [-0.05, 0) is 34.9 Å². The largest absolute Gasteiger partial charge is 0.322 e. The predicted molar refractivity (Wildman–Crippen MR) is 88.7 cm³/mol. The van der Waals surface area contributed by atoms with Gasteiger partial charge in [-0.1, -0.05) is 32.9 Å². The van der Waals surface area contributed by atoms with Gasteiger partial charge in [0.25, 0.3) is 5.91 Å². The third-order valence-electron chi connectivity index (χ3n) is 4.71. The number of benzene rings is 1. The summed E-state index contributed by atoms with van der Waals surface area (Å²) in [6.45, 7) is 6.53. The van der Waals surface area contributed by atoms with Crippen LogP contribution in [0.5, 0.6) is 0 Å². The molecule has 0 fully saturated rings. The summed E-state index contributed by atoms with van der Waals surface area (Å²) < 4.78 is 25.2. The second-order valence-electron chi connectivity index (χ2n) is 7.07. The van der Waals surface area contributed by atoms with Crippen LogP contribution in [-0.2, 0) is 11.8 Å². The minimum Gasteiger partial charge on any atom is -0.322 e. The Morgan fingerprint density at radius 3 is 2.92 bits per heavy atom. The Hall–Kier alpha value is -2.24. The van der Waals surface area contributed by atoms with Crippen molar-refractivity contribution < 1.29 is 13.6 Å². The standard InChI is InChI=1S/C18H21F2N3O/c1-10-8-18(2,3)12-5-4-6-13(16(10)12)22-17(24)11-9-21-23-14(11)7-15(19)20/h4-6,9-10,15H,7-8H2,1-3H3,(H,21,23)(H,22,24)/t10-/m0/s1. The summed E-state index contributed by atoms with van der Waals surface area (Å²) in [5, 5.41) is 9.10. The lowest BCUT2D eigenvalue weighted by Crippen LogP contribution is -2.16. The van der Waals surface area contributed by atoms with Crippen LogP contribution in [0.2, 0.25) is 0 Å². The molecule has 4 nitrogen and oxygen atoms in total. The minimum atomic E-state index is -2.53. The molecule has 0 radical (unpaired) electrons. The molecule has 0 aliphatic heterocycles. The minimum absolute atomic E-state index is 0.0615. The molecule has 1 aromatic carbocycles. The van der Waals surface area contributed by atoms with Gasteiger partial charge in [-0.3, -0.25) is 9.89 Å². The summed E-state index contributed by atoms with van der Waals surface area (Å²) >= 11 is 0. The van der Waals surface area contributed by atoms with Gasteiger partial charge in [0.2, 0.25) is 6.43 Å². The highest BCUT2D eigenvalue weighted by molar-refractivity contribution is 6.05. The van der Waals surface area contributed by atoms with Crippen LogP contribution in [0, 0.1) is 0 Å². The summed E-state index contributed by atoms with van der Waals surface area (Å²) in [5.41, 5.74) is 3.50. The van der Waals surface area contributed by atoms with Crippen LogP contribution in [-0.4, -0.2) is 22.5 Å². The van der Waals surface area contributed by atoms with Crippen molar-refractivity contribution in [1.82, 2.24) is 10.2 Å². The number of aromatic amines is 1. The molecule has 1 heterocycles. The number of alkyl halides is 2. The van der Waals surface area contributed by atoms with E-state index < -0.39 is 18.8 Å². The molecule has 0 unspecified atom stereocenters. The topological polar surface area (TPSA) is 57.8 Å². The van der Waals surface area contributed by atoms with Crippen molar-refractivity contribution in [2.75, 3.05) is 5.32 Å². The van der Waals surface area contributed by atoms with E-state index in [1.54, 1.807) is 0 Å². The van der Waals surface area contributed by atoms with E-state index in [1.807, 2.05) is 12.1 Å². The molecular formula is C18H21F2N3O. The summed E-state index contributed by atoms with van der Waals surface area (Å²) in [6, 6.07) is 5.87. The molecule has 1 atom stereocenters. The van der Waals surface area contributed by atoms with E-state index in [1.165, 1.54) is 11.8 Å². The van der Waals surface area contributed by atoms with Crippen molar-refractivity contribution in [3.05, 3.63) is 46.8 Å².